The molecule has 0 aliphatic heterocycles. The van der Waals surface area contributed by atoms with Crippen LogP contribution in [0, 0.1) is 0 Å². The van der Waals surface area contributed by atoms with E-state index in [0.29, 0.717) is 37.0 Å². The van der Waals surface area contributed by atoms with E-state index in [9.17, 15) is 0 Å². The van der Waals surface area contributed by atoms with Crippen molar-refractivity contribution in [1.29, 1.82) is 0 Å². The second kappa shape index (κ2) is 8.55. The molecule has 0 aliphatic rings. The lowest BCUT2D eigenvalue weighted by atomic mass is 10.2. The standard InChI is InChI=1S/C13H23N3O3/c1-3-8-19-13-11(14)4-5-12(16-13)15-10(6-7-17)9-18-2/h4-5,10,17H,3,6-9,14H2,1-2H3,(H,15,16). The Morgan fingerprint density at radius 1 is 1.47 bits per heavy atom. The number of nitrogen functional groups attached to an aromatic ring is 1. The molecule has 108 valence electrons. The van der Waals surface area contributed by atoms with Gasteiger partial charge in [-0.3, -0.25) is 0 Å². The molecule has 0 bridgehead atoms. The van der Waals surface area contributed by atoms with Crippen LogP contribution in [0.1, 0.15) is 19.8 Å². The number of hydrogen-bond acceptors (Lipinski definition) is 6. The summed E-state index contributed by atoms with van der Waals surface area (Å²) in [6.07, 6.45) is 1.49. The van der Waals surface area contributed by atoms with Gasteiger partial charge in [-0.05, 0) is 25.0 Å². The number of pyridine rings is 1. The number of ether oxygens (including phenoxy) is 2. The van der Waals surface area contributed by atoms with E-state index >= 15 is 0 Å². The molecule has 4 N–H and O–H groups in total. The molecular formula is C13H23N3O3. The lowest BCUT2D eigenvalue weighted by Crippen LogP contribution is -2.26. The Morgan fingerprint density at radius 2 is 2.26 bits per heavy atom. The number of nitrogens with two attached hydrogens (primary N) is 1. The van der Waals surface area contributed by atoms with Gasteiger partial charge < -0.3 is 25.6 Å². The second-order valence-corrected chi connectivity index (χ2v) is 4.25. The highest BCUT2D eigenvalue weighted by atomic mass is 16.5. The van der Waals surface area contributed by atoms with Crippen LogP contribution in [0.3, 0.4) is 0 Å². The fourth-order valence-electron chi connectivity index (χ4n) is 1.61. The predicted molar refractivity (Wildman–Crippen MR) is 75.4 cm³/mol. The molecule has 0 aromatic carbocycles. The van der Waals surface area contributed by atoms with E-state index in [1.165, 1.54) is 0 Å². The summed E-state index contributed by atoms with van der Waals surface area (Å²) in [7, 11) is 1.62. The smallest absolute Gasteiger partial charge is 0.239 e. The Balaban J connectivity index is 2.70. The van der Waals surface area contributed by atoms with Gasteiger partial charge in [0.1, 0.15) is 5.82 Å². The molecule has 1 aromatic rings. The van der Waals surface area contributed by atoms with Gasteiger partial charge in [0.25, 0.3) is 0 Å². The van der Waals surface area contributed by atoms with Gasteiger partial charge in [0, 0.05) is 13.7 Å². The largest absolute Gasteiger partial charge is 0.476 e. The van der Waals surface area contributed by atoms with Crippen molar-refractivity contribution < 1.29 is 14.6 Å². The molecule has 0 saturated heterocycles. The first kappa shape index (κ1) is 15.5. The highest BCUT2D eigenvalue weighted by molar-refractivity contribution is 5.53. The first-order chi connectivity index (χ1) is 9.21. The molecule has 6 nitrogen and oxygen atoms in total. The monoisotopic (exact) mass is 269 g/mol. The number of anilines is 2. The zero-order valence-electron chi connectivity index (χ0n) is 11.6. The molecule has 0 amide bonds. The van der Waals surface area contributed by atoms with Gasteiger partial charge in [0.2, 0.25) is 5.88 Å². The molecular weight excluding hydrogens is 246 g/mol. The van der Waals surface area contributed by atoms with Crippen LogP contribution in [0.25, 0.3) is 0 Å². The summed E-state index contributed by atoms with van der Waals surface area (Å²) in [5.74, 6) is 1.10. The lowest BCUT2D eigenvalue weighted by molar-refractivity contribution is 0.170. The maximum absolute atomic E-state index is 9.00. The third-order valence-corrected chi connectivity index (χ3v) is 2.53. The molecule has 1 atom stereocenters. The summed E-state index contributed by atoms with van der Waals surface area (Å²) < 4.78 is 10.6. The molecule has 0 aliphatic carbocycles. The third-order valence-electron chi connectivity index (χ3n) is 2.53. The topological polar surface area (TPSA) is 89.6 Å². The number of rotatable bonds is 9. The minimum absolute atomic E-state index is 0.00477. The van der Waals surface area contributed by atoms with E-state index in [2.05, 4.69) is 10.3 Å². The predicted octanol–water partition coefficient (Wildman–Crippen LogP) is 1.26. The second-order valence-electron chi connectivity index (χ2n) is 4.25. The van der Waals surface area contributed by atoms with Crippen LogP contribution in [0.5, 0.6) is 5.88 Å². The van der Waals surface area contributed by atoms with Gasteiger partial charge in [-0.1, -0.05) is 6.92 Å². The molecule has 1 unspecified atom stereocenters. The summed E-state index contributed by atoms with van der Waals surface area (Å²) in [6, 6.07) is 3.54. The number of nitrogens with one attached hydrogen (secondary N) is 1. The van der Waals surface area contributed by atoms with Crippen molar-refractivity contribution in [3.8, 4) is 5.88 Å². The van der Waals surface area contributed by atoms with Gasteiger partial charge in [-0.15, -0.1) is 0 Å². The van der Waals surface area contributed by atoms with Gasteiger partial charge >= 0.3 is 0 Å². The highest BCUT2D eigenvalue weighted by Gasteiger charge is 2.10. The first-order valence-electron chi connectivity index (χ1n) is 6.46. The number of hydrogen-bond donors (Lipinski definition) is 3. The molecule has 6 heteroatoms. The van der Waals surface area contributed by atoms with Gasteiger partial charge in [-0.25, -0.2) is 0 Å². The van der Waals surface area contributed by atoms with Crippen molar-refractivity contribution in [2.45, 2.75) is 25.8 Å². The van der Waals surface area contributed by atoms with E-state index in [4.69, 9.17) is 20.3 Å². The van der Waals surface area contributed by atoms with Crippen LogP contribution >= 0.6 is 0 Å². The summed E-state index contributed by atoms with van der Waals surface area (Å²) in [4.78, 5) is 4.32. The molecule has 1 aromatic heterocycles. The van der Waals surface area contributed by atoms with Crippen LogP contribution in [0.15, 0.2) is 12.1 Å². The fraction of sp³-hybridized carbons (Fsp3) is 0.615. The van der Waals surface area contributed by atoms with Crippen molar-refractivity contribution in [3.63, 3.8) is 0 Å². The van der Waals surface area contributed by atoms with E-state index in [-0.39, 0.29) is 12.6 Å². The number of aromatic nitrogens is 1. The first-order valence-corrected chi connectivity index (χ1v) is 6.46. The van der Waals surface area contributed by atoms with Crippen molar-refractivity contribution >= 4 is 11.5 Å². The fourth-order valence-corrected chi connectivity index (χ4v) is 1.61. The van der Waals surface area contributed by atoms with E-state index in [1.807, 2.05) is 6.92 Å². The highest BCUT2D eigenvalue weighted by Crippen LogP contribution is 2.21. The quantitative estimate of drug-likeness (QED) is 0.625. The molecule has 19 heavy (non-hydrogen) atoms. The van der Waals surface area contributed by atoms with Gasteiger partial charge in [-0.2, -0.15) is 4.98 Å². The molecule has 1 heterocycles. The van der Waals surface area contributed by atoms with Crippen LogP contribution < -0.4 is 15.8 Å². The number of nitrogens with zero attached hydrogens (tertiary/aromatic N) is 1. The normalized spacial score (nSPS) is 12.2. The van der Waals surface area contributed by atoms with Crippen LogP contribution in [-0.2, 0) is 4.74 Å². The van der Waals surface area contributed by atoms with Crippen molar-refractivity contribution in [2.75, 3.05) is 38.0 Å². The van der Waals surface area contributed by atoms with E-state index < -0.39 is 0 Å². The van der Waals surface area contributed by atoms with Crippen molar-refractivity contribution in [3.05, 3.63) is 12.1 Å². The van der Waals surface area contributed by atoms with Crippen LogP contribution in [-0.4, -0.2) is 43.1 Å². The van der Waals surface area contributed by atoms with Crippen LogP contribution in [0.2, 0.25) is 0 Å². The Hall–Kier alpha value is -1.53. The van der Waals surface area contributed by atoms with Crippen molar-refractivity contribution in [1.82, 2.24) is 4.98 Å². The number of aliphatic hydroxyl groups is 1. The molecule has 0 radical (unpaired) electrons. The van der Waals surface area contributed by atoms with Crippen LogP contribution in [0.4, 0.5) is 11.5 Å². The molecule has 0 saturated carbocycles. The van der Waals surface area contributed by atoms with Gasteiger partial charge in [0.05, 0.1) is 24.9 Å². The van der Waals surface area contributed by atoms with E-state index in [0.717, 1.165) is 6.42 Å². The lowest BCUT2D eigenvalue weighted by Gasteiger charge is -2.18. The third kappa shape index (κ3) is 5.32. The molecule has 0 fully saturated rings. The Morgan fingerprint density at radius 3 is 2.89 bits per heavy atom. The number of methoxy groups -OCH3 is 1. The zero-order chi connectivity index (χ0) is 14.1. The summed E-state index contributed by atoms with van der Waals surface area (Å²) >= 11 is 0. The summed E-state index contributed by atoms with van der Waals surface area (Å²) in [6.45, 7) is 3.19. The number of aliphatic hydroxyl groups excluding tert-OH is 1. The average molecular weight is 269 g/mol. The van der Waals surface area contributed by atoms with E-state index in [1.54, 1.807) is 19.2 Å². The molecule has 1 rings (SSSR count). The van der Waals surface area contributed by atoms with Gasteiger partial charge in [0.15, 0.2) is 0 Å². The Labute approximate surface area is 113 Å². The maximum Gasteiger partial charge on any atom is 0.239 e. The maximum atomic E-state index is 9.00. The zero-order valence-corrected chi connectivity index (χ0v) is 11.6. The minimum atomic E-state index is 0.00477. The Kier molecular flexibility index (Phi) is 6.99. The Bertz CT molecular complexity index is 368. The average Bonchev–Trinajstić information content (AvgIpc) is 2.40. The summed E-state index contributed by atoms with van der Waals surface area (Å²) in [5, 5.41) is 12.2. The van der Waals surface area contributed by atoms with Crippen molar-refractivity contribution in [2.24, 2.45) is 0 Å². The SMILES string of the molecule is CCCOc1nc(NC(CCO)COC)ccc1N. The molecule has 0 spiro atoms. The summed E-state index contributed by atoms with van der Waals surface area (Å²) in [5.41, 5.74) is 6.32. The minimum Gasteiger partial charge on any atom is -0.476 e.